The van der Waals surface area contributed by atoms with Crippen LogP contribution in [0.5, 0.6) is 5.75 Å². The molecule has 0 unspecified atom stereocenters. The van der Waals surface area contributed by atoms with Gasteiger partial charge in [0, 0.05) is 45.0 Å². The third-order valence-electron chi connectivity index (χ3n) is 7.66. The zero-order valence-corrected chi connectivity index (χ0v) is 24.2. The summed E-state index contributed by atoms with van der Waals surface area (Å²) in [6.45, 7) is 7.82. The number of pyridine rings is 1. The van der Waals surface area contributed by atoms with Crippen molar-refractivity contribution >= 4 is 27.7 Å². The maximum Gasteiger partial charge on any atom is 0.253 e. The number of carbonyl (C=O) groups excluding carboxylic acids is 1. The van der Waals surface area contributed by atoms with E-state index in [2.05, 4.69) is 59.1 Å². The molecule has 0 atom stereocenters. The Morgan fingerprint density at radius 3 is 2.42 bits per heavy atom. The summed E-state index contributed by atoms with van der Waals surface area (Å²) >= 11 is 3.65. The fourth-order valence-electron chi connectivity index (χ4n) is 5.42. The lowest BCUT2D eigenvalue weighted by molar-refractivity contribution is 0.0946. The standard InChI is InChI=1S/C31H35BrN6O2/c32-29-20-26(31(39)34-12-19-40-28-4-2-1-3-5-28)22-35-30(29)38-17-15-37(16-18-38)27-10-13-36(14-11-27)23-25-8-6-24(21-33)7-9-25/h1-9,20,22,27H,10-19,23H2,(H,34,39). The molecule has 8 nitrogen and oxygen atoms in total. The summed E-state index contributed by atoms with van der Waals surface area (Å²) in [4.78, 5) is 24.7. The minimum Gasteiger partial charge on any atom is -0.492 e. The molecular formula is C31H35BrN6O2. The van der Waals surface area contributed by atoms with E-state index in [9.17, 15) is 4.79 Å². The lowest BCUT2D eigenvalue weighted by Crippen LogP contribution is -2.53. The Balaban J connectivity index is 1.04. The Kier molecular flexibility index (Phi) is 9.66. The Hall–Kier alpha value is -3.45. The van der Waals surface area contributed by atoms with E-state index in [0.717, 1.165) is 61.9 Å². The summed E-state index contributed by atoms with van der Waals surface area (Å²) in [7, 11) is 0. The topological polar surface area (TPSA) is 84.7 Å². The second-order valence-electron chi connectivity index (χ2n) is 10.3. The highest BCUT2D eigenvalue weighted by molar-refractivity contribution is 9.10. The Labute approximate surface area is 244 Å². The number of nitriles is 1. The quantitative estimate of drug-likeness (QED) is 0.365. The number of halogens is 1. The van der Waals surface area contributed by atoms with Crippen molar-refractivity contribution < 1.29 is 9.53 Å². The van der Waals surface area contributed by atoms with Crippen LogP contribution in [0.2, 0.25) is 0 Å². The predicted molar refractivity (Wildman–Crippen MR) is 159 cm³/mol. The molecule has 2 fully saturated rings. The van der Waals surface area contributed by atoms with Gasteiger partial charge in [-0.3, -0.25) is 14.6 Å². The Bertz CT molecular complexity index is 1300. The third-order valence-corrected chi connectivity index (χ3v) is 8.24. The zero-order valence-electron chi connectivity index (χ0n) is 22.6. The van der Waals surface area contributed by atoms with Gasteiger partial charge in [-0.1, -0.05) is 30.3 Å². The van der Waals surface area contributed by atoms with Gasteiger partial charge in [0.25, 0.3) is 5.91 Å². The Morgan fingerprint density at radius 2 is 1.75 bits per heavy atom. The minimum atomic E-state index is -0.160. The molecule has 2 aliphatic heterocycles. The van der Waals surface area contributed by atoms with E-state index in [4.69, 9.17) is 10.00 Å². The Morgan fingerprint density at radius 1 is 1.02 bits per heavy atom. The molecule has 0 radical (unpaired) electrons. The highest BCUT2D eigenvalue weighted by atomic mass is 79.9. The van der Waals surface area contributed by atoms with Crippen molar-refractivity contribution in [1.29, 1.82) is 5.26 Å². The van der Waals surface area contributed by atoms with Crippen molar-refractivity contribution in [2.75, 3.05) is 57.3 Å². The highest BCUT2D eigenvalue weighted by Crippen LogP contribution is 2.27. The molecular weight excluding hydrogens is 568 g/mol. The van der Waals surface area contributed by atoms with Gasteiger partial charge in [0.1, 0.15) is 18.2 Å². The van der Waals surface area contributed by atoms with Crippen LogP contribution in [0.25, 0.3) is 0 Å². The first-order valence-electron chi connectivity index (χ1n) is 13.9. The van der Waals surface area contributed by atoms with Crippen molar-refractivity contribution in [3.05, 3.63) is 88.0 Å². The molecule has 2 aromatic carbocycles. The number of likely N-dealkylation sites (tertiary alicyclic amines) is 1. The molecule has 1 N–H and O–H groups in total. The molecule has 1 amide bonds. The van der Waals surface area contributed by atoms with Gasteiger partial charge in [-0.2, -0.15) is 5.26 Å². The van der Waals surface area contributed by atoms with Crippen LogP contribution in [0.15, 0.2) is 71.3 Å². The summed E-state index contributed by atoms with van der Waals surface area (Å²) in [6, 6.07) is 22.2. The number of piperazine rings is 1. The first-order valence-corrected chi connectivity index (χ1v) is 14.7. The fraction of sp³-hybridized carbons (Fsp3) is 0.387. The number of amides is 1. The molecule has 40 heavy (non-hydrogen) atoms. The molecule has 2 aliphatic rings. The van der Waals surface area contributed by atoms with Crippen LogP contribution in [0.3, 0.4) is 0 Å². The van der Waals surface area contributed by atoms with Gasteiger partial charge < -0.3 is 15.0 Å². The largest absolute Gasteiger partial charge is 0.492 e. The molecule has 208 valence electrons. The van der Waals surface area contributed by atoms with Crippen molar-refractivity contribution in [2.24, 2.45) is 0 Å². The van der Waals surface area contributed by atoms with Gasteiger partial charge in [0.05, 0.1) is 28.2 Å². The van der Waals surface area contributed by atoms with Crippen LogP contribution < -0.4 is 15.0 Å². The van der Waals surface area contributed by atoms with E-state index in [-0.39, 0.29) is 5.91 Å². The first kappa shape index (κ1) is 28.1. The number of hydrogen-bond acceptors (Lipinski definition) is 7. The SMILES string of the molecule is N#Cc1ccc(CN2CCC(N3CCN(c4ncc(C(=O)NCCOc5ccccc5)cc4Br)CC3)CC2)cc1. The predicted octanol–water partition coefficient (Wildman–Crippen LogP) is 4.31. The van der Waals surface area contributed by atoms with Crippen molar-refractivity contribution in [1.82, 2.24) is 20.1 Å². The number of anilines is 1. The number of aromatic nitrogens is 1. The number of benzene rings is 2. The third kappa shape index (κ3) is 7.39. The molecule has 0 saturated carbocycles. The number of nitrogens with one attached hydrogen (secondary N) is 1. The number of nitrogens with zero attached hydrogens (tertiary/aromatic N) is 5. The number of carbonyl (C=O) groups is 1. The lowest BCUT2D eigenvalue weighted by Gasteiger charge is -2.43. The summed E-state index contributed by atoms with van der Waals surface area (Å²) in [5.41, 5.74) is 2.51. The molecule has 3 heterocycles. The van der Waals surface area contributed by atoms with Crippen LogP contribution >= 0.6 is 15.9 Å². The van der Waals surface area contributed by atoms with Gasteiger partial charge in [-0.15, -0.1) is 0 Å². The monoisotopic (exact) mass is 602 g/mol. The average molecular weight is 604 g/mol. The first-order chi connectivity index (χ1) is 19.6. The van der Waals surface area contributed by atoms with Crippen LogP contribution in [0, 0.1) is 11.3 Å². The second kappa shape index (κ2) is 13.8. The summed E-state index contributed by atoms with van der Waals surface area (Å²) in [6.07, 6.45) is 4.01. The van der Waals surface area contributed by atoms with Crippen molar-refractivity contribution in [2.45, 2.75) is 25.4 Å². The van der Waals surface area contributed by atoms with Gasteiger partial charge in [-0.25, -0.2) is 4.98 Å². The van der Waals surface area contributed by atoms with Crippen LogP contribution in [0.4, 0.5) is 5.82 Å². The molecule has 0 spiro atoms. The fourth-order valence-corrected chi connectivity index (χ4v) is 6.02. The normalized spacial score (nSPS) is 16.9. The average Bonchev–Trinajstić information content (AvgIpc) is 3.00. The van der Waals surface area contributed by atoms with Crippen LogP contribution in [-0.4, -0.2) is 79.2 Å². The maximum atomic E-state index is 12.6. The van der Waals surface area contributed by atoms with Gasteiger partial charge in [0.15, 0.2) is 0 Å². The van der Waals surface area contributed by atoms with E-state index in [1.54, 1.807) is 6.20 Å². The van der Waals surface area contributed by atoms with Crippen LogP contribution in [-0.2, 0) is 6.54 Å². The molecule has 0 aliphatic carbocycles. The van der Waals surface area contributed by atoms with E-state index in [0.29, 0.717) is 30.3 Å². The van der Waals surface area contributed by atoms with Crippen molar-refractivity contribution in [3.63, 3.8) is 0 Å². The number of piperidine rings is 1. The van der Waals surface area contributed by atoms with Crippen molar-refractivity contribution in [3.8, 4) is 11.8 Å². The highest BCUT2D eigenvalue weighted by Gasteiger charge is 2.28. The second-order valence-corrected chi connectivity index (χ2v) is 11.1. The minimum absolute atomic E-state index is 0.160. The summed E-state index contributed by atoms with van der Waals surface area (Å²) in [5, 5.41) is 11.9. The summed E-state index contributed by atoms with van der Waals surface area (Å²) in [5.74, 6) is 1.52. The van der Waals surface area contributed by atoms with E-state index in [1.165, 1.54) is 18.4 Å². The number of ether oxygens (including phenoxy) is 1. The molecule has 5 rings (SSSR count). The molecule has 3 aromatic rings. The van der Waals surface area contributed by atoms with Crippen LogP contribution in [0.1, 0.15) is 34.3 Å². The summed E-state index contributed by atoms with van der Waals surface area (Å²) < 4.78 is 6.48. The maximum absolute atomic E-state index is 12.6. The zero-order chi connectivity index (χ0) is 27.7. The number of rotatable bonds is 9. The lowest BCUT2D eigenvalue weighted by atomic mass is 10.0. The smallest absolute Gasteiger partial charge is 0.253 e. The van der Waals surface area contributed by atoms with E-state index < -0.39 is 0 Å². The molecule has 9 heteroatoms. The number of para-hydroxylation sites is 1. The molecule has 1 aromatic heterocycles. The number of hydrogen-bond donors (Lipinski definition) is 1. The molecule has 2 saturated heterocycles. The molecule has 0 bridgehead atoms. The van der Waals surface area contributed by atoms with Gasteiger partial charge in [-0.05, 0) is 77.8 Å². The van der Waals surface area contributed by atoms with E-state index >= 15 is 0 Å². The van der Waals surface area contributed by atoms with E-state index in [1.807, 2.05) is 48.5 Å². The van der Waals surface area contributed by atoms with Gasteiger partial charge >= 0.3 is 0 Å². The van der Waals surface area contributed by atoms with Gasteiger partial charge in [0.2, 0.25) is 0 Å².